The van der Waals surface area contributed by atoms with Crippen LogP contribution in [0.25, 0.3) is 0 Å². The highest BCUT2D eigenvalue weighted by atomic mass is 35.5. The molecule has 6 heteroatoms. The first-order chi connectivity index (χ1) is 8.90. The van der Waals surface area contributed by atoms with Gasteiger partial charge in [-0.05, 0) is 26.7 Å². The number of nitrogens with two attached hydrogens (primary N) is 1. The Kier molecular flexibility index (Phi) is 7.52. The molecule has 5 nitrogen and oxygen atoms in total. The van der Waals surface area contributed by atoms with Crippen molar-refractivity contribution < 1.29 is 9.59 Å². The molecule has 1 saturated heterocycles. The fourth-order valence-corrected chi connectivity index (χ4v) is 2.62. The number of nitrogens with one attached hydrogen (secondary N) is 1. The number of hydrogen-bond donors (Lipinski definition) is 2. The Morgan fingerprint density at radius 3 is 2.35 bits per heavy atom. The Labute approximate surface area is 128 Å². The molecule has 1 atom stereocenters. The molecule has 1 aliphatic rings. The second-order valence-electron chi connectivity index (χ2n) is 5.71. The van der Waals surface area contributed by atoms with Crippen LogP contribution in [0.3, 0.4) is 0 Å². The molecule has 0 aromatic carbocycles. The quantitative estimate of drug-likeness (QED) is 0.776. The van der Waals surface area contributed by atoms with E-state index in [1.807, 2.05) is 32.6 Å². The van der Waals surface area contributed by atoms with Crippen LogP contribution >= 0.6 is 12.4 Å². The van der Waals surface area contributed by atoms with Crippen LogP contribution in [0, 0.1) is 5.41 Å². The molecular weight excluding hydrogens is 278 g/mol. The third kappa shape index (κ3) is 3.85. The highest BCUT2D eigenvalue weighted by molar-refractivity contribution is 5.86. The Hall–Kier alpha value is -0.810. The van der Waals surface area contributed by atoms with Gasteiger partial charge in [-0.2, -0.15) is 0 Å². The van der Waals surface area contributed by atoms with Gasteiger partial charge in [0.25, 0.3) is 0 Å². The van der Waals surface area contributed by atoms with Gasteiger partial charge in [0.15, 0.2) is 0 Å². The molecule has 1 heterocycles. The molecular formula is C14H28ClN3O2. The van der Waals surface area contributed by atoms with Crippen LogP contribution in [-0.4, -0.2) is 41.9 Å². The van der Waals surface area contributed by atoms with Gasteiger partial charge in [-0.1, -0.05) is 13.8 Å². The molecule has 3 N–H and O–H groups in total. The number of rotatable bonds is 6. The van der Waals surface area contributed by atoms with E-state index in [2.05, 4.69) is 5.32 Å². The smallest absolute Gasteiger partial charge is 0.227 e. The summed E-state index contributed by atoms with van der Waals surface area (Å²) in [6.07, 6.45) is 1.85. The molecule has 118 valence electrons. The Balaban J connectivity index is 0.00000361. The molecule has 0 aromatic rings. The van der Waals surface area contributed by atoms with Crippen LogP contribution in [0.15, 0.2) is 0 Å². The molecule has 0 bridgehead atoms. The van der Waals surface area contributed by atoms with Gasteiger partial charge in [-0.3, -0.25) is 9.59 Å². The second-order valence-corrected chi connectivity index (χ2v) is 5.71. The van der Waals surface area contributed by atoms with Gasteiger partial charge >= 0.3 is 0 Å². The lowest BCUT2D eigenvalue weighted by molar-refractivity contribution is -0.131. The summed E-state index contributed by atoms with van der Waals surface area (Å²) in [5.74, 6) is 0.107. The number of nitrogens with zero attached hydrogens (tertiary/aromatic N) is 1. The van der Waals surface area contributed by atoms with Crippen LogP contribution in [0.4, 0.5) is 0 Å². The zero-order valence-corrected chi connectivity index (χ0v) is 13.8. The van der Waals surface area contributed by atoms with Crippen molar-refractivity contribution in [3.05, 3.63) is 0 Å². The number of hydrogen-bond acceptors (Lipinski definition) is 3. The molecule has 20 heavy (non-hydrogen) atoms. The lowest BCUT2D eigenvalue weighted by Gasteiger charge is -2.30. The van der Waals surface area contributed by atoms with Gasteiger partial charge in [-0.25, -0.2) is 0 Å². The first-order valence-corrected chi connectivity index (χ1v) is 7.20. The van der Waals surface area contributed by atoms with Crippen molar-refractivity contribution in [3.63, 3.8) is 0 Å². The van der Waals surface area contributed by atoms with Crippen LogP contribution in [-0.2, 0) is 9.59 Å². The van der Waals surface area contributed by atoms with Gasteiger partial charge < -0.3 is 16.0 Å². The van der Waals surface area contributed by atoms with Crippen molar-refractivity contribution in [2.45, 2.75) is 59.0 Å². The third-order valence-corrected chi connectivity index (χ3v) is 4.34. The Bertz CT molecular complexity index is 335. The van der Waals surface area contributed by atoms with Gasteiger partial charge in [0.1, 0.15) is 0 Å². The maximum atomic E-state index is 12.4. The first kappa shape index (κ1) is 19.2. The average Bonchev–Trinajstić information content (AvgIpc) is 2.73. The summed E-state index contributed by atoms with van der Waals surface area (Å²) < 4.78 is 0. The summed E-state index contributed by atoms with van der Waals surface area (Å²) in [4.78, 5) is 26.0. The Morgan fingerprint density at radius 2 is 2.00 bits per heavy atom. The normalized spacial score (nSPS) is 19.2. The maximum absolute atomic E-state index is 12.4. The lowest BCUT2D eigenvalue weighted by Crippen LogP contribution is -2.49. The topological polar surface area (TPSA) is 75.4 Å². The number of halogens is 1. The van der Waals surface area contributed by atoms with Crippen molar-refractivity contribution in [1.82, 2.24) is 10.2 Å². The predicted octanol–water partition coefficient (Wildman–Crippen LogP) is 1.30. The molecule has 0 spiro atoms. The lowest BCUT2D eigenvalue weighted by atomic mass is 9.81. The molecule has 0 aliphatic carbocycles. The van der Waals surface area contributed by atoms with E-state index in [0.29, 0.717) is 19.5 Å². The largest absolute Gasteiger partial charge is 0.351 e. The first-order valence-electron chi connectivity index (χ1n) is 7.20. The van der Waals surface area contributed by atoms with E-state index in [1.54, 1.807) is 0 Å². The Morgan fingerprint density at radius 1 is 1.45 bits per heavy atom. The van der Waals surface area contributed by atoms with Crippen LogP contribution in [0.5, 0.6) is 0 Å². The van der Waals surface area contributed by atoms with Crippen molar-refractivity contribution >= 4 is 24.2 Å². The van der Waals surface area contributed by atoms with Gasteiger partial charge in [-0.15, -0.1) is 12.4 Å². The second kappa shape index (κ2) is 7.84. The van der Waals surface area contributed by atoms with Crippen molar-refractivity contribution in [3.8, 4) is 0 Å². The van der Waals surface area contributed by atoms with Gasteiger partial charge in [0.2, 0.25) is 11.8 Å². The number of carbonyl (C=O) groups excluding carboxylic acids is 2. The molecule has 0 radical (unpaired) electrons. The van der Waals surface area contributed by atoms with E-state index in [-0.39, 0.29) is 36.3 Å². The molecule has 0 aromatic heterocycles. The van der Waals surface area contributed by atoms with Gasteiger partial charge in [0, 0.05) is 25.6 Å². The van der Waals surface area contributed by atoms with Crippen molar-refractivity contribution in [1.29, 1.82) is 0 Å². The monoisotopic (exact) mass is 305 g/mol. The van der Waals surface area contributed by atoms with E-state index in [1.165, 1.54) is 0 Å². The summed E-state index contributed by atoms with van der Waals surface area (Å²) >= 11 is 0. The molecule has 1 fully saturated rings. The highest BCUT2D eigenvalue weighted by Crippen LogP contribution is 2.26. The predicted molar refractivity (Wildman–Crippen MR) is 82.7 cm³/mol. The van der Waals surface area contributed by atoms with E-state index < -0.39 is 5.41 Å². The molecule has 2 amide bonds. The maximum Gasteiger partial charge on any atom is 0.227 e. The minimum absolute atomic E-state index is 0. The fourth-order valence-electron chi connectivity index (χ4n) is 2.62. The summed E-state index contributed by atoms with van der Waals surface area (Å²) in [5, 5.41) is 3.01. The molecule has 1 rings (SSSR count). The number of carbonyl (C=O) groups is 2. The summed E-state index contributed by atoms with van der Waals surface area (Å²) in [7, 11) is 0. The van der Waals surface area contributed by atoms with E-state index in [0.717, 1.165) is 12.8 Å². The van der Waals surface area contributed by atoms with E-state index >= 15 is 0 Å². The van der Waals surface area contributed by atoms with Crippen LogP contribution in [0.2, 0.25) is 0 Å². The third-order valence-electron chi connectivity index (χ3n) is 4.34. The van der Waals surface area contributed by atoms with Crippen molar-refractivity contribution in [2.24, 2.45) is 11.1 Å². The van der Waals surface area contributed by atoms with Gasteiger partial charge in [0.05, 0.1) is 11.5 Å². The number of amides is 2. The van der Waals surface area contributed by atoms with Crippen LogP contribution in [0.1, 0.15) is 47.0 Å². The average molecular weight is 306 g/mol. The summed E-state index contributed by atoms with van der Waals surface area (Å²) in [6, 6.07) is 0.109. The fraction of sp³-hybridized carbons (Fsp3) is 0.857. The molecule has 0 saturated carbocycles. The zero-order chi connectivity index (χ0) is 14.6. The molecule has 1 unspecified atom stereocenters. The van der Waals surface area contributed by atoms with E-state index in [9.17, 15) is 9.59 Å². The standard InChI is InChI=1S/C14H27N3O2.ClH/c1-5-14(6-2,9-15)13(19)16-11-7-12(18)17(8-11)10(3)4;/h10-11H,5-9,15H2,1-4H3,(H,16,19);1H. The van der Waals surface area contributed by atoms with Crippen LogP contribution < -0.4 is 11.1 Å². The zero-order valence-electron chi connectivity index (χ0n) is 12.9. The molecule has 1 aliphatic heterocycles. The van der Waals surface area contributed by atoms with Crippen molar-refractivity contribution in [2.75, 3.05) is 13.1 Å². The minimum Gasteiger partial charge on any atom is -0.351 e. The number of likely N-dealkylation sites (tertiary alicyclic amines) is 1. The van der Waals surface area contributed by atoms with E-state index in [4.69, 9.17) is 5.73 Å². The highest BCUT2D eigenvalue weighted by Gasteiger charge is 2.38. The summed E-state index contributed by atoms with van der Waals surface area (Å²) in [6.45, 7) is 8.90. The minimum atomic E-state index is -0.492. The SMILES string of the molecule is CCC(CC)(CN)C(=O)NC1CC(=O)N(C(C)C)C1.Cl. The summed E-state index contributed by atoms with van der Waals surface area (Å²) in [5.41, 5.74) is 5.28.